The third kappa shape index (κ3) is 4.52. The predicted octanol–water partition coefficient (Wildman–Crippen LogP) is 1.79. The van der Waals surface area contributed by atoms with Gasteiger partial charge in [0.15, 0.2) is 0 Å². The molecule has 0 aliphatic carbocycles. The molecule has 0 saturated carbocycles. The van der Waals surface area contributed by atoms with E-state index in [1.807, 2.05) is 12.1 Å². The maximum atomic E-state index is 11.9. The van der Waals surface area contributed by atoms with Gasteiger partial charge >= 0.3 is 6.03 Å². The highest BCUT2D eigenvalue weighted by atomic mass is 16.5. The van der Waals surface area contributed by atoms with Gasteiger partial charge in [-0.1, -0.05) is 6.07 Å². The van der Waals surface area contributed by atoms with Crippen molar-refractivity contribution < 1.29 is 9.53 Å². The number of hydrogen-bond donors (Lipinski definition) is 1. The third-order valence-corrected chi connectivity index (χ3v) is 3.26. The number of amides is 2. The summed E-state index contributed by atoms with van der Waals surface area (Å²) in [5, 5.41) is 2.88. The van der Waals surface area contributed by atoms with Gasteiger partial charge in [0, 0.05) is 39.1 Å². The Bertz CT molecular complexity index is 391. The molecule has 1 aliphatic rings. The molecule has 0 aromatic carbocycles. The summed E-state index contributed by atoms with van der Waals surface area (Å²) in [4.78, 5) is 17.6. The van der Waals surface area contributed by atoms with E-state index in [4.69, 9.17) is 4.74 Å². The number of nitrogens with zero attached hydrogens (tertiary/aromatic N) is 2. The molecule has 0 spiro atoms. The number of rotatable bonds is 4. The lowest BCUT2D eigenvalue weighted by Gasteiger charge is -2.27. The molecule has 19 heavy (non-hydrogen) atoms. The average Bonchev–Trinajstić information content (AvgIpc) is 2.47. The Morgan fingerprint density at radius 2 is 2.47 bits per heavy atom. The Morgan fingerprint density at radius 3 is 3.16 bits per heavy atom. The normalized spacial score (nSPS) is 18.9. The number of carbonyl (C=O) groups is 1. The van der Waals surface area contributed by atoms with Crippen molar-refractivity contribution >= 4 is 6.03 Å². The lowest BCUT2D eigenvalue weighted by molar-refractivity contribution is 0.00385. The lowest BCUT2D eigenvalue weighted by atomic mass is 10.1. The maximum absolute atomic E-state index is 11.9. The molecule has 2 rings (SSSR count). The lowest BCUT2D eigenvalue weighted by Crippen LogP contribution is -2.42. The van der Waals surface area contributed by atoms with Crippen molar-refractivity contribution in [3.63, 3.8) is 0 Å². The van der Waals surface area contributed by atoms with E-state index in [9.17, 15) is 4.79 Å². The molecule has 1 fully saturated rings. The van der Waals surface area contributed by atoms with Crippen LogP contribution in [-0.2, 0) is 11.3 Å². The van der Waals surface area contributed by atoms with Crippen LogP contribution in [0.15, 0.2) is 24.5 Å². The minimum atomic E-state index is -0.0713. The molecule has 1 N–H and O–H groups in total. The topological polar surface area (TPSA) is 54.5 Å². The summed E-state index contributed by atoms with van der Waals surface area (Å²) in [6, 6.07) is 3.73. The van der Waals surface area contributed by atoms with Crippen molar-refractivity contribution in [3.8, 4) is 0 Å². The predicted molar refractivity (Wildman–Crippen MR) is 72.7 cm³/mol. The standard InChI is InChI=1S/C14H21N3O2/c1-17(11-13-6-2-3-8-19-13)14(18)16-10-12-5-4-7-15-9-12/h4-5,7,9,13H,2-3,6,8,10-11H2,1H3,(H,16,18). The second-order valence-electron chi connectivity index (χ2n) is 4.89. The summed E-state index contributed by atoms with van der Waals surface area (Å²) in [5.74, 6) is 0. The fraction of sp³-hybridized carbons (Fsp3) is 0.571. The van der Waals surface area contributed by atoms with Gasteiger partial charge in [0.1, 0.15) is 0 Å². The molecule has 1 saturated heterocycles. The van der Waals surface area contributed by atoms with E-state index >= 15 is 0 Å². The van der Waals surface area contributed by atoms with E-state index in [1.165, 1.54) is 6.42 Å². The molecule has 104 valence electrons. The second kappa shape index (κ2) is 7.09. The first-order chi connectivity index (χ1) is 9.25. The first-order valence-electron chi connectivity index (χ1n) is 6.75. The summed E-state index contributed by atoms with van der Waals surface area (Å²) < 4.78 is 5.63. The highest BCUT2D eigenvalue weighted by Gasteiger charge is 2.18. The van der Waals surface area contributed by atoms with Crippen LogP contribution in [0.1, 0.15) is 24.8 Å². The van der Waals surface area contributed by atoms with E-state index in [1.54, 1.807) is 24.3 Å². The molecule has 1 atom stereocenters. The second-order valence-corrected chi connectivity index (χ2v) is 4.89. The summed E-state index contributed by atoms with van der Waals surface area (Å²) in [6.45, 7) is 1.97. The van der Waals surface area contributed by atoms with Gasteiger partial charge in [0.05, 0.1) is 6.10 Å². The van der Waals surface area contributed by atoms with Gasteiger partial charge in [-0.15, -0.1) is 0 Å². The van der Waals surface area contributed by atoms with Crippen LogP contribution in [0, 0.1) is 0 Å². The van der Waals surface area contributed by atoms with Crippen LogP contribution in [0.25, 0.3) is 0 Å². The Hall–Kier alpha value is -1.62. The number of nitrogens with one attached hydrogen (secondary N) is 1. The van der Waals surface area contributed by atoms with E-state index in [0.29, 0.717) is 13.1 Å². The fourth-order valence-corrected chi connectivity index (χ4v) is 2.16. The summed E-state index contributed by atoms with van der Waals surface area (Å²) in [7, 11) is 1.80. The Morgan fingerprint density at radius 1 is 1.58 bits per heavy atom. The van der Waals surface area contributed by atoms with Gasteiger partial charge in [-0.3, -0.25) is 4.98 Å². The van der Waals surface area contributed by atoms with Gasteiger partial charge in [-0.2, -0.15) is 0 Å². The Balaban J connectivity index is 1.72. The SMILES string of the molecule is CN(CC1CCCCO1)C(=O)NCc1cccnc1. The Kier molecular flexibility index (Phi) is 5.15. The van der Waals surface area contributed by atoms with Crippen molar-refractivity contribution in [2.75, 3.05) is 20.2 Å². The van der Waals surface area contributed by atoms with E-state index in [-0.39, 0.29) is 12.1 Å². The van der Waals surface area contributed by atoms with E-state index in [2.05, 4.69) is 10.3 Å². The van der Waals surface area contributed by atoms with Gasteiger partial charge in [-0.25, -0.2) is 4.79 Å². The zero-order chi connectivity index (χ0) is 13.5. The van der Waals surface area contributed by atoms with Crippen LogP contribution in [0.3, 0.4) is 0 Å². The molecular formula is C14H21N3O2. The minimum Gasteiger partial charge on any atom is -0.376 e. The molecule has 0 bridgehead atoms. The van der Waals surface area contributed by atoms with E-state index in [0.717, 1.165) is 25.0 Å². The number of ether oxygens (including phenoxy) is 1. The van der Waals surface area contributed by atoms with Crippen molar-refractivity contribution in [1.29, 1.82) is 0 Å². The van der Waals surface area contributed by atoms with Crippen LogP contribution in [-0.4, -0.2) is 42.2 Å². The molecule has 1 unspecified atom stereocenters. The maximum Gasteiger partial charge on any atom is 0.317 e. The fourth-order valence-electron chi connectivity index (χ4n) is 2.16. The molecule has 5 heteroatoms. The number of pyridine rings is 1. The monoisotopic (exact) mass is 263 g/mol. The number of urea groups is 1. The van der Waals surface area contributed by atoms with Crippen molar-refractivity contribution in [2.45, 2.75) is 31.9 Å². The van der Waals surface area contributed by atoms with E-state index < -0.39 is 0 Å². The summed E-state index contributed by atoms with van der Waals surface area (Å²) in [5.41, 5.74) is 0.998. The molecule has 0 radical (unpaired) electrons. The van der Waals surface area contributed by atoms with Gasteiger partial charge in [0.25, 0.3) is 0 Å². The molecule has 1 aromatic rings. The van der Waals surface area contributed by atoms with Crippen LogP contribution in [0.4, 0.5) is 4.79 Å². The molecule has 1 aliphatic heterocycles. The molecule has 1 aromatic heterocycles. The molecule has 2 heterocycles. The molecular weight excluding hydrogens is 242 g/mol. The summed E-state index contributed by atoms with van der Waals surface area (Å²) in [6.07, 6.45) is 7.02. The van der Waals surface area contributed by atoms with Gasteiger partial charge in [0.2, 0.25) is 0 Å². The van der Waals surface area contributed by atoms with Crippen molar-refractivity contribution in [1.82, 2.24) is 15.2 Å². The molecule has 2 amide bonds. The highest BCUT2D eigenvalue weighted by Crippen LogP contribution is 2.13. The largest absolute Gasteiger partial charge is 0.376 e. The van der Waals surface area contributed by atoms with Gasteiger partial charge in [-0.05, 0) is 30.9 Å². The zero-order valence-electron chi connectivity index (χ0n) is 11.3. The third-order valence-electron chi connectivity index (χ3n) is 3.26. The average molecular weight is 263 g/mol. The number of likely N-dealkylation sites (N-methyl/N-ethyl adjacent to an activating group) is 1. The first-order valence-corrected chi connectivity index (χ1v) is 6.75. The minimum absolute atomic E-state index is 0.0713. The number of hydrogen-bond acceptors (Lipinski definition) is 3. The van der Waals surface area contributed by atoms with Crippen molar-refractivity contribution in [2.24, 2.45) is 0 Å². The van der Waals surface area contributed by atoms with Crippen molar-refractivity contribution in [3.05, 3.63) is 30.1 Å². The van der Waals surface area contributed by atoms with Crippen LogP contribution >= 0.6 is 0 Å². The zero-order valence-corrected chi connectivity index (χ0v) is 11.3. The first kappa shape index (κ1) is 13.8. The van der Waals surface area contributed by atoms with Crippen LogP contribution in [0.5, 0.6) is 0 Å². The molecule has 5 nitrogen and oxygen atoms in total. The highest BCUT2D eigenvalue weighted by molar-refractivity contribution is 5.73. The quantitative estimate of drug-likeness (QED) is 0.901. The van der Waals surface area contributed by atoms with Crippen LogP contribution in [0.2, 0.25) is 0 Å². The van der Waals surface area contributed by atoms with Crippen LogP contribution < -0.4 is 5.32 Å². The van der Waals surface area contributed by atoms with Gasteiger partial charge < -0.3 is 15.0 Å². The smallest absolute Gasteiger partial charge is 0.317 e. The Labute approximate surface area is 114 Å². The number of carbonyl (C=O) groups excluding carboxylic acids is 1. The number of aromatic nitrogens is 1. The summed E-state index contributed by atoms with van der Waals surface area (Å²) >= 11 is 0.